The van der Waals surface area contributed by atoms with Gasteiger partial charge in [-0.15, -0.1) is 0 Å². The molecule has 10 heteroatoms. The van der Waals surface area contributed by atoms with Crippen molar-refractivity contribution in [2.45, 2.75) is 36.5 Å². The number of piperidine rings is 1. The van der Waals surface area contributed by atoms with Crippen molar-refractivity contribution in [2.24, 2.45) is 0 Å². The summed E-state index contributed by atoms with van der Waals surface area (Å²) in [4.78, 5) is 14.3. The predicted octanol–water partition coefficient (Wildman–Crippen LogP) is 2.49. The minimum atomic E-state index is -3.91. The Morgan fingerprint density at radius 3 is 2.41 bits per heavy atom. The first-order valence-corrected chi connectivity index (χ1v) is 11.1. The quantitative estimate of drug-likeness (QED) is 0.817. The molecule has 2 aromatic rings. The highest BCUT2D eigenvalue weighted by Crippen LogP contribution is 2.32. The highest BCUT2D eigenvalue weighted by atomic mass is 32.2. The Bertz CT molecular complexity index is 1010. The van der Waals surface area contributed by atoms with E-state index in [0.29, 0.717) is 24.5 Å². The molecule has 29 heavy (non-hydrogen) atoms. The fourth-order valence-electron chi connectivity index (χ4n) is 4.04. The Hall–Kier alpha value is -2.33. The van der Waals surface area contributed by atoms with E-state index in [-0.39, 0.29) is 29.8 Å². The number of benzene rings is 1. The van der Waals surface area contributed by atoms with E-state index in [1.54, 1.807) is 6.20 Å². The van der Waals surface area contributed by atoms with Crippen molar-refractivity contribution in [3.63, 3.8) is 0 Å². The summed E-state index contributed by atoms with van der Waals surface area (Å²) in [5.74, 6) is -2.33. The van der Waals surface area contributed by atoms with Gasteiger partial charge in [-0.1, -0.05) is 0 Å². The third-order valence-corrected chi connectivity index (χ3v) is 7.58. The van der Waals surface area contributed by atoms with Crippen LogP contribution in [0.5, 0.6) is 0 Å². The second-order valence-electron chi connectivity index (χ2n) is 7.45. The number of carbonyl (C=O) groups is 1. The molecule has 0 aliphatic carbocycles. The number of hydrogen-bond donors (Lipinski definition) is 1. The van der Waals surface area contributed by atoms with E-state index in [2.05, 4.69) is 10.2 Å². The van der Waals surface area contributed by atoms with Crippen LogP contribution in [0, 0.1) is 11.6 Å². The molecular formula is C19H22F2N4O3S. The van der Waals surface area contributed by atoms with Crippen LogP contribution in [0.25, 0.3) is 0 Å². The number of H-pyrrole nitrogens is 1. The molecule has 2 aliphatic heterocycles. The summed E-state index contributed by atoms with van der Waals surface area (Å²) < 4.78 is 53.4. The van der Waals surface area contributed by atoms with Crippen LogP contribution in [0.1, 0.15) is 47.7 Å². The minimum Gasteiger partial charge on any atom is -0.339 e. The molecule has 0 atom stereocenters. The van der Waals surface area contributed by atoms with Crippen molar-refractivity contribution in [3.8, 4) is 0 Å². The Morgan fingerprint density at radius 1 is 1.07 bits per heavy atom. The number of hydrogen-bond acceptors (Lipinski definition) is 4. The fourth-order valence-corrected chi connectivity index (χ4v) is 5.52. The maximum absolute atomic E-state index is 13.5. The van der Waals surface area contributed by atoms with Crippen LogP contribution in [0.3, 0.4) is 0 Å². The van der Waals surface area contributed by atoms with Crippen LogP contribution < -0.4 is 0 Å². The van der Waals surface area contributed by atoms with E-state index in [1.165, 1.54) is 4.31 Å². The maximum atomic E-state index is 13.5. The second-order valence-corrected chi connectivity index (χ2v) is 9.39. The molecule has 1 aromatic heterocycles. The fraction of sp³-hybridized carbons (Fsp3) is 0.474. The zero-order chi connectivity index (χ0) is 20.6. The highest BCUT2D eigenvalue weighted by Gasteiger charge is 2.33. The molecule has 2 aliphatic rings. The van der Waals surface area contributed by atoms with Crippen LogP contribution in [0.15, 0.2) is 29.3 Å². The van der Waals surface area contributed by atoms with Crippen molar-refractivity contribution in [3.05, 3.63) is 47.3 Å². The minimum absolute atomic E-state index is 0.0181. The lowest BCUT2D eigenvalue weighted by Crippen LogP contribution is -2.38. The lowest BCUT2D eigenvalue weighted by Gasteiger charge is -2.31. The average Bonchev–Trinajstić information content (AvgIpc) is 3.42. The Labute approximate surface area is 167 Å². The number of carbonyl (C=O) groups excluding carboxylic acids is 1. The topological polar surface area (TPSA) is 86.4 Å². The molecule has 2 saturated heterocycles. The van der Waals surface area contributed by atoms with Crippen LogP contribution in [0.2, 0.25) is 0 Å². The Kier molecular flexibility index (Phi) is 5.39. The van der Waals surface area contributed by atoms with Gasteiger partial charge in [-0.25, -0.2) is 17.2 Å². The summed E-state index contributed by atoms with van der Waals surface area (Å²) in [6.07, 6.45) is 4.55. The number of amides is 1. The van der Waals surface area contributed by atoms with Gasteiger partial charge in [-0.2, -0.15) is 9.40 Å². The van der Waals surface area contributed by atoms with Gasteiger partial charge in [0.15, 0.2) is 11.6 Å². The molecule has 156 valence electrons. The SMILES string of the molecule is O=C(c1cn[nH]c1C1CCN(S(=O)(=O)c2ccc(F)c(F)c2)CC1)N1CCCC1. The summed E-state index contributed by atoms with van der Waals surface area (Å²) in [5.41, 5.74) is 1.29. The molecule has 0 radical (unpaired) electrons. The normalized spacial score (nSPS) is 19.0. The summed E-state index contributed by atoms with van der Waals surface area (Å²) in [6, 6.07) is 2.59. The van der Waals surface area contributed by atoms with Gasteiger partial charge in [-0.3, -0.25) is 9.89 Å². The molecule has 7 nitrogen and oxygen atoms in total. The molecule has 1 amide bonds. The Balaban J connectivity index is 1.47. The molecule has 0 unspecified atom stereocenters. The molecule has 0 bridgehead atoms. The standard InChI is InChI=1S/C19H22F2N4O3S/c20-16-4-3-14(11-17(16)21)29(27,28)25-9-5-13(6-10-25)18-15(12-22-23-18)19(26)24-7-1-2-8-24/h3-4,11-13H,1-2,5-10H2,(H,22,23). The lowest BCUT2D eigenvalue weighted by molar-refractivity contribution is 0.0790. The van der Waals surface area contributed by atoms with E-state index in [9.17, 15) is 22.0 Å². The van der Waals surface area contributed by atoms with E-state index < -0.39 is 21.7 Å². The van der Waals surface area contributed by atoms with E-state index in [1.807, 2.05) is 4.90 Å². The van der Waals surface area contributed by atoms with Crippen molar-refractivity contribution >= 4 is 15.9 Å². The van der Waals surface area contributed by atoms with E-state index in [4.69, 9.17) is 0 Å². The first-order chi connectivity index (χ1) is 13.9. The number of sulfonamides is 1. The number of nitrogens with one attached hydrogen (secondary N) is 1. The zero-order valence-corrected chi connectivity index (χ0v) is 16.6. The molecule has 1 aromatic carbocycles. The highest BCUT2D eigenvalue weighted by molar-refractivity contribution is 7.89. The first-order valence-electron chi connectivity index (χ1n) is 9.65. The van der Waals surface area contributed by atoms with Gasteiger partial charge in [0.25, 0.3) is 5.91 Å². The molecule has 1 N–H and O–H groups in total. The summed E-state index contributed by atoms with van der Waals surface area (Å²) in [5, 5.41) is 6.96. The molecule has 4 rings (SSSR count). The van der Waals surface area contributed by atoms with Crippen molar-refractivity contribution < 1.29 is 22.0 Å². The number of aromatic nitrogens is 2. The van der Waals surface area contributed by atoms with Crippen molar-refractivity contribution in [1.29, 1.82) is 0 Å². The summed E-state index contributed by atoms with van der Waals surface area (Å²) in [6.45, 7) is 1.94. The molecule has 0 saturated carbocycles. The predicted molar refractivity (Wildman–Crippen MR) is 101 cm³/mol. The van der Waals surface area contributed by atoms with Crippen LogP contribution >= 0.6 is 0 Å². The second kappa shape index (κ2) is 7.83. The average molecular weight is 424 g/mol. The first kappa shape index (κ1) is 20.0. The van der Waals surface area contributed by atoms with Gasteiger partial charge in [0.1, 0.15) is 0 Å². The third-order valence-electron chi connectivity index (χ3n) is 5.68. The number of halogens is 2. The molecule has 2 fully saturated rings. The molecular weight excluding hydrogens is 402 g/mol. The van der Waals surface area contributed by atoms with Crippen LogP contribution in [0.4, 0.5) is 8.78 Å². The number of aromatic amines is 1. The smallest absolute Gasteiger partial charge is 0.257 e. The summed E-state index contributed by atoms with van der Waals surface area (Å²) >= 11 is 0. The van der Waals surface area contributed by atoms with Gasteiger partial charge in [0.05, 0.1) is 22.3 Å². The van der Waals surface area contributed by atoms with Crippen LogP contribution in [-0.4, -0.2) is 59.9 Å². The zero-order valence-electron chi connectivity index (χ0n) is 15.8. The van der Waals surface area contributed by atoms with Gasteiger partial charge >= 0.3 is 0 Å². The van der Waals surface area contributed by atoms with Crippen LogP contribution in [-0.2, 0) is 10.0 Å². The van der Waals surface area contributed by atoms with Gasteiger partial charge < -0.3 is 4.90 Å². The number of rotatable bonds is 4. The Morgan fingerprint density at radius 2 is 1.76 bits per heavy atom. The summed E-state index contributed by atoms with van der Waals surface area (Å²) in [7, 11) is -3.91. The van der Waals surface area contributed by atoms with Crippen molar-refractivity contribution in [1.82, 2.24) is 19.4 Å². The van der Waals surface area contributed by atoms with Crippen molar-refractivity contribution in [2.75, 3.05) is 26.2 Å². The molecule has 0 spiro atoms. The van der Waals surface area contributed by atoms with E-state index in [0.717, 1.165) is 43.8 Å². The van der Waals surface area contributed by atoms with E-state index >= 15 is 0 Å². The lowest BCUT2D eigenvalue weighted by atomic mass is 9.92. The third kappa shape index (κ3) is 3.78. The van der Waals surface area contributed by atoms with Gasteiger partial charge in [0, 0.05) is 32.1 Å². The number of nitrogens with zero attached hydrogens (tertiary/aromatic N) is 3. The number of likely N-dealkylation sites (tertiary alicyclic amines) is 1. The van der Waals surface area contributed by atoms with Gasteiger partial charge in [0.2, 0.25) is 10.0 Å². The monoisotopic (exact) mass is 424 g/mol. The maximum Gasteiger partial charge on any atom is 0.257 e. The largest absolute Gasteiger partial charge is 0.339 e. The van der Waals surface area contributed by atoms with Gasteiger partial charge in [-0.05, 0) is 43.9 Å². The molecule has 3 heterocycles.